The Labute approximate surface area is 99.4 Å². The van der Waals surface area contributed by atoms with E-state index in [1.807, 2.05) is 18.2 Å². The monoisotopic (exact) mass is 236 g/mol. The van der Waals surface area contributed by atoms with Crippen LogP contribution < -0.4 is 0 Å². The lowest BCUT2D eigenvalue weighted by Gasteiger charge is -2.09. The minimum atomic E-state index is 0.182. The van der Waals surface area contributed by atoms with Crippen molar-refractivity contribution in [1.29, 1.82) is 0 Å². The lowest BCUT2D eigenvalue weighted by molar-refractivity contribution is 0.381. The Kier molecular flexibility index (Phi) is 3.57. The molecule has 1 atom stereocenters. The first-order valence-corrected chi connectivity index (χ1v) is 5.82. The molecule has 0 aliphatic rings. The summed E-state index contributed by atoms with van der Waals surface area (Å²) in [5, 5.41) is 3.96. The molecule has 3 nitrogen and oxygen atoms in total. The zero-order valence-electron chi connectivity index (χ0n) is 9.06. The quantitative estimate of drug-likeness (QED) is 0.765. The number of benzene rings is 1. The van der Waals surface area contributed by atoms with E-state index >= 15 is 0 Å². The van der Waals surface area contributed by atoms with E-state index in [1.54, 1.807) is 0 Å². The fourth-order valence-corrected chi connectivity index (χ4v) is 1.83. The highest BCUT2D eigenvalue weighted by molar-refractivity contribution is 6.16. The van der Waals surface area contributed by atoms with Gasteiger partial charge in [0.25, 0.3) is 0 Å². The van der Waals surface area contributed by atoms with Crippen molar-refractivity contribution in [2.75, 3.05) is 0 Å². The van der Waals surface area contributed by atoms with Gasteiger partial charge in [0.2, 0.25) is 5.89 Å². The van der Waals surface area contributed by atoms with Gasteiger partial charge in [-0.05, 0) is 12.0 Å². The molecule has 2 aromatic rings. The van der Waals surface area contributed by atoms with Crippen LogP contribution in [0.3, 0.4) is 0 Å². The van der Waals surface area contributed by atoms with Crippen molar-refractivity contribution in [3.63, 3.8) is 0 Å². The zero-order valence-corrected chi connectivity index (χ0v) is 9.81. The van der Waals surface area contributed by atoms with E-state index in [-0.39, 0.29) is 11.8 Å². The van der Waals surface area contributed by atoms with Crippen molar-refractivity contribution in [2.24, 2.45) is 0 Å². The van der Waals surface area contributed by atoms with Gasteiger partial charge in [0.15, 0.2) is 5.82 Å². The molecule has 0 spiro atoms. The van der Waals surface area contributed by atoms with Gasteiger partial charge in [-0.1, -0.05) is 42.4 Å². The molecule has 0 N–H and O–H groups in total. The number of hydrogen-bond acceptors (Lipinski definition) is 3. The number of nitrogens with zero attached hydrogens (tertiary/aromatic N) is 2. The molecule has 4 heteroatoms. The van der Waals surface area contributed by atoms with Crippen molar-refractivity contribution >= 4 is 11.6 Å². The third-order valence-electron chi connectivity index (χ3n) is 2.52. The molecular weight excluding hydrogens is 224 g/mol. The van der Waals surface area contributed by atoms with Crippen LogP contribution in [0.25, 0.3) is 0 Å². The highest BCUT2D eigenvalue weighted by Gasteiger charge is 2.17. The third kappa shape index (κ3) is 2.25. The van der Waals surface area contributed by atoms with Gasteiger partial charge in [0.05, 0.1) is 0 Å². The molecule has 84 valence electrons. The van der Waals surface area contributed by atoms with Gasteiger partial charge >= 0.3 is 0 Å². The summed E-state index contributed by atoms with van der Waals surface area (Å²) in [6.45, 7) is 2.11. The zero-order chi connectivity index (χ0) is 11.4. The number of halogens is 1. The molecule has 1 aromatic carbocycles. The van der Waals surface area contributed by atoms with Crippen LogP contribution in [0.1, 0.15) is 36.5 Å². The van der Waals surface area contributed by atoms with E-state index in [2.05, 4.69) is 29.2 Å². The molecule has 0 bridgehead atoms. The van der Waals surface area contributed by atoms with Gasteiger partial charge in [-0.25, -0.2) is 0 Å². The second-order valence-corrected chi connectivity index (χ2v) is 3.82. The Balaban J connectivity index is 2.29. The summed E-state index contributed by atoms with van der Waals surface area (Å²) < 4.78 is 5.03. The number of hydrogen-bond donors (Lipinski definition) is 0. The molecular formula is C12H13ClN2O. The summed E-state index contributed by atoms with van der Waals surface area (Å²) in [7, 11) is 0. The molecule has 1 unspecified atom stereocenters. The van der Waals surface area contributed by atoms with Crippen molar-refractivity contribution in [3.8, 4) is 0 Å². The van der Waals surface area contributed by atoms with E-state index in [9.17, 15) is 0 Å². The van der Waals surface area contributed by atoms with Gasteiger partial charge in [-0.15, -0.1) is 11.6 Å². The maximum absolute atomic E-state index is 5.64. The number of alkyl halides is 1. The summed E-state index contributed by atoms with van der Waals surface area (Å²) in [5.74, 6) is 1.63. The van der Waals surface area contributed by atoms with Crippen molar-refractivity contribution in [3.05, 3.63) is 47.6 Å². The van der Waals surface area contributed by atoms with Crippen LogP contribution in [0.5, 0.6) is 0 Å². The van der Waals surface area contributed by atoms with Gasteiger partial charge in [-0.3, -0.25) is 0 Å². The van der Waals surface area contributed by atoms with E-state index in [1.165, 1.54) is 5.56 Å². The minimum absolute atomic E-state index is 0.182. The average Bonchev–Trinajstić information content (AvgIpc) is 2.80. The van der Waals surface area contributed by atoms with Crippen LogP contribution in [-0.2, 0) is 5.88 Å². The number of rotatable bonds is 4. The fourth-order valence-electron chi connectivity index (χ4n) is 1.72. The fraction of sp³-hybridized carbons (Fsp3) is 0.333. The molecule has 2 rings (SSSR count). The first-order valence-electron chi connectivity index (χ1n) is 5.28. The topological polar surface area (TPSA) is 38.9 Å². The Morgan fingerprint density at radius 3 is 2.62 bits per heavy atom. The average molecular weight is 237 g/mol. The van der Waals surface area contributed by atoms with Crippen LogP contribution in [0, 0.1) is 0 Å². The molecule has 0 aliphatic heterocycles. The molecule has 16 heavy (non-hydrogen) atoms. The Morgan fingerprint density at radius 2 is 2.06 bits per heavy atom. The third-order valence-corrected chi connectivity index (χ3v) is 2.75. The highest BCUT2D eigenvalue weighted by atomic mass is 35.5. The van der Waals surface area contributed by atoms with Crippen LogP contribution in [-0.4, -0.2) is 10.1 Å². The van der Waals surface area contributed by atoms with Crippen LogP contribution in [0.15, 0.2) is 34.9 Å². The van der Waals surface area contributed by atoms with Crippen molar-refractivity contribution in [2.45, 2.75) is 25.1 Å². The van der Waals surface area contributed by atoms with E-state index in [4.69, 9.17) is 16.1 Å². The van der Waals surface area contributed by atoms with Crippen LogP contribution in [0.4, 0.5) is 0 Å². The highest BCUT2D eigenvalue weighted by Crippen LogP contribution is 2.25. The summed E-state index contributed by atoms with van der Waals surface area (Å²) >= 11 is 5.64. The standard InChI is InChI=1S/C12H13ClN2O/c1-2-10(9-6-4-3-5-7-9)12-14-11(8-13)16-15-12/h3-7,10H,2,8H2,1H3. The van der Waals surface area contributed by atoms with Crippen molar-refractivity contribution in [1.82, 2.24) is 10.1 Å². The molecule has 1 heterocycles. The predicted octanol–water partition coefficient (Wildman–Crippen LogP) is 3.35. The SMILES string of the molecule is CCC(c1ccccc1)c1noc(CCl)n1. The largest absolute Gasteiger partial charge is 0.338 e. The Morgan fingerprint density at radius 1 is 1.31 bits per heavy atom. The van der Waals surface area contributed by atoms with E-state index in [0.717, 1.165) is 6.42 Å². The maximum atomic E-state index is 5.64. The van der Waals surface area contributed by atoms with Crippen molar-refractivity contribution < 1.29 is 4.52 Å². The lowest BCUT2D eigenvalue weighted by Crippen LogP contribution is -2.01. The summed E-state index contributed by atoms with van der Waals surface area (Å²) in [6, 6.07) is 10.2. The minimum Gasteiger partial charge on any atom is -0.338 e. The van der Waals surface area contributed by atoms with Crippen LogP contribution >= 0.6 is 11.6 Å². The molecule has 0 saturated heterocycles. The van der Waals surface area contributed by atoms with Gasteiger partial charge in [0.1, 0.15) is 5.88 Å². The second-order valence-electron chi connectivity index (χ2n) is 3.55. The molecule has 0 saturated carbocycles. The van der Waals surface area contributed by atoms with E-state index in [0.29, 0.717) is 11.7 Å². The first kappa shape index (κ1) is 11.1. The summed E-state index contributed by atoms with van der Waals surface area (Å²) in [4.78, 5) is 4.27. The summed E-state index contributed by atoms with van der Waals surface area (Å²) in [5.41, 5.74) is 1.20. The lowest BCUT2D eigenvalue weighted by atomic mass is 9.96. The molecule has 0 aliphatic carbocycles. The molecule has 1 aromatic heterocycles. The normalized spacial score (nSPS) is 12.6. The van der Waals surface area contributed by atoms with Gasteiger partial charge in [-0.2, -0.15) is 4.98 Å². The smallest absolute Gasteiger partial charge is 0.241 e. The number of aromatic nitrogens is 2. The molecule has 0 amide bonds. The molecule has 0 fully saturated rings. The predicted molar refractivity (Wildman–Crippen MR) is 62.4 cm³/mol. The Hall–Kier alpha value is -1.35. The molecule has 0 radical (unpaired) electrons. The van der Waals surface area contributed by atoms with Gasteiger partial charge in [0, 0.05) is 5.92 Å². The second kappa shape index (κ2) is 5.12. The van der Waals surface area contributed by atoms with Gasteiger partial charge < -0.3 is 4.52 Å². The summed E-state index contributed by atoms with van der Waals surface area (Å²) in [6.07, 6.45) is 0.936. The Bertz CT molecular complexity index is 441. The van der Waals surface area contributed by atoms with E-state index < -0.39 is 0 Å². The van der Waals surface area contributed by atoms with Crippen LogP contribution in [0.2, 0.25) is 0 Å². The first-order chi connectivity index (χ1) is 7.85. The maximum Gasteiger partial charge on any atom is 0.241 e.